The van der Waals surface area contributed by atoms with Gasteiger partial charge in [-0.15, -0.1) is 0 Å². The average Bonchev–Trinajstić information content (AvgIpc) is 3.13. The summed E-state index contributed by atoms with van der Waals surface area (Å²) >= 11 is 0. The van der Waals surface area contributed by atoms with Gasteiger partial charge in [0.1, 0.15) is 17.1 Å². The van der Waals surface area contributed by atoms with Gasteiger partial charge in [0, 0.05) is 5.69 Å². The minimum Gasteiger partial charge on any atom is -0.494 e. The molecule has 0 radical (unpaired) electrons. The molecule has 0 fully saturated rings. The summed E-state index contributed by atoms with van der Waals surface area (Å²) in [5.74, 6) is -0.113. The van der Waals surface area contributed by atoms with Gasteiger partial charge >= 0.3 is 0 Å². The van der Waals surface area contributed by atoms with Crippen molar-refractivity contribution in [1.29, 1.82) is 0 Å². The Hall–Kier alpha value is -3.93. The van der Waals surface area contributed by atoms with E-state index in [0.29, 0.717) is 23.3 Å². The molecule has 5 nitrogen and oxygen atoms in total. The van der Waals surface area contributed by atoms with Gasteiger partial charge in [0.25, 0.3) is 5.91 Å². The van der Waals surface area contributed by atoms with Gasteiger partial charge in [0.2, 0.25) is 5.76 Å². The fourth-order valence-electron chi connectivity index (χ4n) is 4.35. The molecule has 0 aliphatic carbocycles. The third kappa shape index (κ3) is 3.75. The normalized spacial score (nSPS) is 15.1. The smallest absolute Gasteiger partial charge is 0.295 e. The summed E-state index contributed by atoms with van der Waals surface area (Å²) in [6.45, 7) is 4.62. The molecule has 3 aromatic carbocycles. The zero-order valence-corrected chi connectivity index (χ0v) is 19.0. The van der Waals surface area contributed by atoms with Gasteiger partial charge < -0.3 is 9.15 Å². The summed E-state index contributed by atoms with van der Waals surface area (Å²) in [6, 6.07) is 17.6. The SMILES string of the molecule is CCCCOc1ccc(C2c3c(oc4ccc(C)cc4c3=O)C(=O)N2c2ccc(F)cc2)cc1. The second-order valence-electron chi connectivity index (χ2n) is 8.50. The van der Waals surface area contributed by atoms with Crippen LogP contribution in [0.1, 0.15) is 53.1 Å². The van der Waals surface area contributed by atoms with Gasteiger partial charge in [-0.3, -0.25) is 14.5 Å². The van der Waals surface area contributed by atoms with Crippen LogP contribution in [0, 0.1) is 12.7 Å². The van der Waals surface area contributed by atoms with Crippen molar-refractivity contribution in [3.63, 3.8) is 0 Å². The maximum absolute atomic E-state index is 13.7. The maximum Gasteiger partial charge on any atom is 0.295 e. The van der Waals surface area contributed by atoms with Gasteiger partial charge in [0.05, 0.1) is 23.6 Å². The highest BCUT2D eigenvalue weighted by molar-refractivity contribution is 6.10. The fraction of sp³-hybridized carbons (Fsp3) is 0.214. The predicted molar refractivity (Wildman–Crippen MR) is 129 cm³/mol. The number of hydrogen-bond acceptors (Lipinski definition) is 4. The van der Waals surface area contributed by atoms with Crippen LogP contribution >= 0.6 is 0 Å². The number of rotatable bonds is 6. The molecule has 1 amide bonds. The first-order valence-corrected chi connectivity index (χ1v) is 11.4. The lowest BCUT2D eigenvalue weighted by atomic mass is 9.98. The number of nitrogens with zero attached hydrogens (tertiary/aromatic N) is 1. The van der Waals surface area contributed by atoms with E-state index in [-0.39, 0.29) is 16.8 Å². The molecule has 172 valence electrons. The summed E-state index contributed by atoms with van der Waals surface area (Å²) in [5, 5.41) is 0.428. The van der Waals surface area contributed by atoms with Crippen LogP contribution in [-0.2, 0) is 0 Å². The van der Waals surface area contributed by atoms with E-state index in [0.717, 1.165) is 29.7 Å². The Kier molecular flexibility index (Phi) is 5.65. The molecule has 0 spiro atoms. The monoisotopic (exact) mass is 457 g/mol. The van der Waals surface area contributed by atoms with Gasteiger partial charge in [-0.05, 0) is 67.4 Å². The lowest BCUT2D eigenvalue weighted by Gasteiger charge is -2.25. The third-order valence-corrected chi connectivity index (χ3v) is 6.09. The molecule has 1 aliphatic heterocycles. The minimum atomic E-state index is -0.709. The Labute approximate surface area is 196 Å². The van der Waals surface area contributed by atoms with Crippen LogP contribution in [0.15, 0.2) is 75.9 Å². The van der Waals surface area contributed by atoms with Crippen LogP contribution in [0.3, 0.4) is 0 Å². The number of amides is 1. The van der Waals surface area contributed by atoms with Crippen LogP contribution in [0.5, 0.6) is 5.75 Å². The van der Waals surface area contributed by atoms with E-state index in [2.05, 4.69) is 6.92 Å². The van der Waals surface area contributed by atoms with Crippen molar-refractivity contribution in [3.05, 3.63) is 105 Å². The van der Waals surface area contributed by atoms with Gasteiger partial charge in [-0.2, -0.15) is 0 Å². The first-order chi connectivity index (χ1) is 16.5. The molecule has 0 N–H and O–H groups in total. The Bertz CT molecular complexity index is 1420. The number of halogens is 1. The molecule has 1 aliphatic rings. The summed E-state index contributed by atoms with van der Waals surface area (Å²) in [4.78, 5) is 28.7. The van der Waals surface area contributed by atoms with E-state index in [1.165, 1.54) is 29.2 Å². The lowest BCUT2D eigenvalue weighted by molar-refractivity contribution is 0.0971. The van der Waals surface area contributed by atoms with Crippen LogP contribution in [0.4, 0.5) is 10.1 Å². The summed E-state index contributed by atoms with van der Waals surface area (Å²) in [6.07, 6.45) is 1.99. The number of carbonyl (C=O) groups is 1. The fourth-order valence-corrected chi connectivity index (χ4v) is 4.35. The molecular weight excluding hydrogens is 433 g/mol. The number of benzene rings is 3. The molecule has 0 bridgehead atoms. The lowest BCUT2D eigenvalue weighted by Crippen LogP contribution is -2.29. The minimum absolute atomic E-state index is 0.0129. The number of anilines is 1. The van der Waals surface area contributed by atoms with Crippen LogP contribution in [-0.4, -0.2) is 12.5 Å². The van der Waals surface area contributed by atoms with Crippen molar-refractivity contribution in [1.82, 2.24) is 0 Å². The zero-order valence-electron chi connectivity index (χ0n) is 19.0. The molecule has 0 saturated heterocycles. The van der Waals surface area contributed by atoms with E-state index >= 15 is 0 Å². The summed E-state index contributed by atoms with van der Waals surface area (Å²) < 4.78 is 25.4. The molecule has 4 aromatic rings. The first kappa shape index (κ1) is 21.9. The number of fused-ring (bicyclic) bond motifs is 2. The quantitative estimate of drug-likeness (QED) is 0.325. The highest BCUT2D eigenvalue weighted by Crippen LogP contribution is 2.41. The highest BCUT2D eigenvalue weighted by atomic mass is 19.1. The van der Waals surface area contributed by atoms with Crippen molar-refractivity contribution in [2.75, 3.05) is 11.5 Å². The Morgan fingerprint density at radius 2 is 1.74 bits per heavy atom. The third-order valence-electron chi connectivity index (χ3n) is 6.09. The number of carbonyl (C=O) groups excluding carboxylic acids is 1. The number of unbranched alkanes of at least 4 members (excludes halogenated alkanes) is 1. The largest absolute Gasteiger partial charge is 0.494 e. The van der Waals surface area contributed by atoms with Crippen LogP contribution in [0.25, 0.3) is 11.0 Å². The molecule has 34 heavy (non-hydrogen) atoms. The van der Waals surface area contributed by atoms with Crippen molar-refractivity contribution < 1.29 is 18.3 Å². The first-order valence-electron chi connectivity index (χ1n) is 11.4. The van der Waals surface area contributed by atoms with Crippen molar-refractivity contribution in [2.24, 2.45) is 0 Å². The van der Waals surface area contributed by atoms with Gasteiger partial charge in [-0.25, -0.2) is 4.39 Å². The molecule has 1 aromatic heterocycles. The van der Waals surface area contributed by atoms with Crippen molar-refractivity contribution in [2.45, 2.75) is 32.7 Å². The van der Waals surface area contributed by atoms with E-state index in [1.54, 1.807) is 12.1 Å². The van der Waals surface area contributed by atoms with Crippen molar-refractivity contribution >= 4 is 22.6 Å². The number of hydrogen-bond donors (Lipinski definition) is 0. The molecule has 1 unspecified atom stereocenters. The second kappa shape index (κ2) is 8.78. The highest BCUT2D eigenvalue weighted by Gasteiger charge is 2.43. The Balaban J connectivity index is 1.67. The molecule has 2 heterocycles. The van der Waals surface area contributed by atoms with Crippen LogP contribution < -0.4 is 15.1 Å². The number of aryl methyl sites for hydroxylation is 1. The Morgan fingerprint density at radius 3 is 2.44 bits per heavy atom. The van der Waals surface area contributed by atoms with E-state index in [4.69, 9.17) is 9.15 Å². The molecule has 0 saturated carbocycles. The molecule has 5 rings (SSSR count). The van der Waals surface area contributed by atoms with Gasteiger partial charge in [-0.1, -0.05) is 37.1 Å². The predicted octanol–water partition coefficient (Wildman–Crippen LogP) is 6.17. The standard InChI is InChI=1S/C28H24FNO4/c1-3-4-15-33-21-12-6-18(7-13-21)25-24-26(31)22-16-17(2)5-14-23(22)34-27(24)28(32)30(25)20-10-8-19(29)9-11-20/h5-14,16,25H,3-4,15H2,1-2H3. The Morgan fingerprint density at radius 1 is 1.00 bits per heavy atom. The molecule has 6 heteroatoms. The maximum atomic E-state index is 13.7. The molecular formula is C28H24FNO4. The van der Waals surface area contributed by atoms with Crippen LogP contribution in [0.2, 0.25) is 0 Å². The number of ether oxygens (including phenoxy) is 1. The topological polar surface area (TPSA) is 59.8 Å². The zero-order chi connectivity index (χ0) is 23.8. The average molecular weight is 458 g/mol. The second-order valence-corrected chi connectivity index (χ2v) is 8.50. The summed E-state index contributed by atoms with van der Waals surface area (Å²) in [7, 11) is 0. The van der Waals surface area contributed by atoms with Gasteiger partial charge in [0.15, 0.2) is 5.43 Å². The van der Waals surface area contributed by atoms with E-state index in [1.807, 2.05) is 37.3 Å². The van der Waals surface area contributed by atoms with E-state index < -0.39 is 17.8 Å². The molecule has 1 atom stereocenters. The van der Waals surface area contributed by atoms with Crippen molar-refractivity contribution in [3.8, 4) is 5.75 Å². The van der Waals surface area contributed by atoms with E-state index in [9.17, 15) is 14.0 Å². The summed E-state index contributed by atoms with van der Waals surface area (Å²) in [5.41, 5.74) is 2.54.